The predicted molar refractivity (Wildman–Crippen MR) is 93.1 cm³/mol. The summed E-state index contributed by atoms with van der Waals surface area (Å²) in [5.41, 5.74) is 1.54. The zero-order chi connectivity index (χ0) is 16.9. The molecule has 3 rings (SSSR count). The highest BCUT2D eigenvalue weighted by Crippen LogP contribution is 2.31. The Morgan fingerprint density at radius 2 is 2.12 bits per heavy atom. The maximum atomic E-state index is 12.2. The van der Waals surface area contributed by atoms with Gasteiger partial charge in [-0.1, -0.05) is 12.1 Å². The molecule has 124 valence electrons. The molecule has 1 aromatic carbocycles. The van der Waals surface area contributed by atoms with E-state index in [2.05, 4.69) is 10.4 Å². The number of hydrogen-bond donors (Lipinski definition) is 1. The smallest absolute Gasteiger partial charge is 0.257 e. The van der Waals surface area contributed by atoms with Crippen LogP contribution in [0.5, 0.6) is 11.5 Å². The average molecular weight is 343 g/mol. The number of para-hydroxylation sites is 1. The van der Waals surface area contributed by atoms with Crippen LogP contribution in [0.2, 0.25) is 0 Å². The third-order valence-electron chi connectivity index (χ3n) is 3.55. The van der Waals surface area contributed by atoms with Crippen LogP contribution in [0.25, 0.3) is 0 Å². The molecular weight excluding hydrogens is 326 g/mol. The number of benzene rings is 1. The number of aromatic nitrogens is 2. The summed E-state index contributed by atoms with van der Waals surface area (Å²) in [6.45, 7) is 0.451. The Labute approximate surface area is 143 Å². The molecule has 0 spiro atoms. The van der Waals surface area contributed by atoms with Gasteiger partial charge in [-0.05, 0) is 17.5 Å². The van der Waals surface area contributed by atoms with E-state index in [0.29, 0.717) is 29.4 Å². The van der Waals surface area contributed by atoms with E-state index in [-0.39, 0.29) is 5.91 Å². The normalized spacial score (nSPS) is 10.4. The number of carbonyl (C=O) groups is 1. The van der Waals surface area contributed by atoms with Crippen molar-refractivity contribution in [2.24, 2.45) is 0 Å². The fourth-order valence-electron chi connectivity index (χ4n) is 2.39. The summed E-state index contributed by atoms with van der Waals surface area (Å²) in [5.74, 6) is 1.78. The van der Waals surface area contributed by atoms with Gasteiger partial charge in [0.25, 0.3) is 5.91 Å². The Balaban J connectivity index is 1.83. The highest BCUT2D eigenvalue weighted by molar-refractivity contribution is 7.08. The fraction of sp³-hybridized carbons (Fsp3) is 0.176. The predicted octanol–water partition coefficient (Wildman–Crippen LogP) is 3.26. The number of nitrogens with one attached hydrogen (secondary N) is 1. The van der Waals surface area contributed by atoms with Crippen LogP contribution in [0, 0.1) is 0 Å². The van der Waals surface area contributed by atoms with E-state index < -0.39 is 0 Å². The Morgan fingerprint density at radius 1 is 1.25 bits per heavy atom. The van der Waals surface area contributed by atoms with Crippen LogP contribution in [0.3, 0.4) is 0 Å². The molecule has 7 heteroatoms. The zero-order valence-electron chi connectivity index (χ0n) is 13.4. The molecule has 0 fully saturated rings. The average Bonchev–Trinajstić information content (AvgIpc) is 3.27. The minimum absolute atomic E-state index is 0.157. The van der Waals surface area contributed by atoms with Crippen LogP contribution < -0.4 is 14.8 Å². The van der Waals surface area contributed by atoms with Crippen LogP contribution in [0.1, 0.15) is 15.9 Å². The molecule has 0 saturated carbocycles. The molecule has 0 unspecified atom stereocenters. The number of rotatable bonds is 6. The zero-order valence-corrected chi connectivity index (χ0v) is 14.2. The van der Waals surface area contributed by atoms with E-state index in [1.165, 1.54) is 11.3 Å². The second-order valence-corrected chi connectivity index (χ2v) is 5.77. The number of ether oxygens (including phenoxy) is 2. The van der Waals surface area contributed by atoms with Crippen LogP contribution in [0.4, 0.5) is 5.82 Å². The van der Waals surface area contributed by atoms with Crippen molar-refractivity contribution in [1.29, 1.82) is 0 Å². The second kappa shape index (κ2) is 7.18. The first-order chi connectivity index (χ1) is 11.7. The van der Waals surface area contributed by atoms with Crippen molar-refractivity contribution in [3.63, 3.8) is 0 Å². The molecule has 0 saturated heterocycles. The Hall–Kier alpha value is -2.80. The topological polar surface area (TPSA) is 65.4 Å². The summed E-state index contributed by atoms with van der Waals surface area (Å²) < 4.78 is 12.5. The van der Waals surface area contributed by atoms with E-state index in [4.69, 9.17) is 9.47 Å². The maximum Gasteiger partial charge on any atom is 0.257 e. The van der Waals surface area contributed by atoms with Crippen LogP contribution in [-0.4, -0.2) is 29.9 Å². The van der Waals surface area contributed by atoms with Crippen molar-refractivity contribution >= 4 is 23.1 Å². The molecule has 0 aliphatic carbocycles. The molecule has 1 N–H and O–H groups in total. The van der Waals surface area contributed by atoms with Gasteiger partial charge in [-0.2, -0.15) is 16.4 Å². The van der Waals surface area contributed by atoms with Crippen molar-refractivity contribution < 1.29 is 14.3 Å². The molecule has 6 nitrogen and oxygen atoms in total. The van der Waals surface area contributed by atoms with E-state index in [0.717, 1.165) is 5.56 Å². The summed E-state index contributed by atoms with van der Waals surface area (Å²) in [5, 5.41) is 10.8. The van der Waals surface area contributed by atoms with Crippen molar-refractivity contribution in [2.45, 2.75) is 6.54 Å². The lowest BCUT2D eigenvalue weighted by Gasteiger charge is -2.14. The molecule has 0 bridgehead atoms. The molecule has 1 amide bonds. The highest BCUT2D eigenvalue weighted by Gasteiger charge is 2.14. The van der Waals surface area contributed by atoms with Crippen molar-refractivity contribution in [1.82, 2.24) is 9.78 Å². The second-order valence-electron chi connectivity index (χ2n) is 4.99. The van der Waals surface area contributed by atoms with Gasteiger partial charge < -0.3 is 14.8 Å². The highest BCUT2D eigenvalue weighted by atomic mass is 32.1. The van der Waals surface area contributed by atoms with Crippen LogP contribution in [0.15, 0.2) is 47.3 Å². The summed E-state index contributed by atoms with van der Waals surface area (Å²) in [6, 6.07) is 9.21. The Kier molecular flexibility index (Phi) is 4.81. The van der Waals surface area contributed by atoms with Crippen LogP contribution >= 0.6 is 11.3 Å². The fourth-order valence-corrected chi connectivity index (χ4v) is 3.02. The van der Waals surface area contributed by atoms with Gasteiger partial charge in [0.1, 0.15) is 5.82 Å². The molecular formula is C17H17N3O3S. The van der Waals surface area contributed by atoms with Crippen molar-refractivity contribution in [2.75, 3.05) is 19.5 Å². The number of amides is 1. The number of methoxy groups -OCH3 is 2. The number of hydrogen-bond acceptors (Lipinski definition) is 5. The van der Waals surface area contributed by atoms with Gasteiger partial charge in [0, 0.05) is 17.0 Å². The third-order valence-corrected chi connectivity index (χ3v) is 4.23. The number of anilines is 1. The molecule has 0 radical (unpaired) electrons. The molecule has 0 aliphatic rings. The minimum atomic E-state index is -0.157. The van der Waals surface area contributed by atoms with E-state index >= 15 is 0 Å². The number of nitrogens with zero attached hydrogens (tertiary/aromatic N) is 2. The minimum Gasteiger partial charge on any atom is -0.493 e. The lowest BCUT2D eigenvalue weighted by molar-refractivity contribution is 0.102. The monoisotopic (exact) mass is 343 g/mol. The van der Waals surface area contributed by atoms with Gasteiger partial charge in [-0.3, -0.25) is 4.79 Å². The molecule has 2 heterocycles. The van der Waals surface area contributed by atoms with Gasteiger partial charge in [-0.15, -0.1) is 0 Å². The first-order valence-electron chi connectivity index (χ1n) is 7.28. The third kappa shape index (κ3) is 3.26. The number of carbonyl (C=O) groups excluding carboxylic acids is 1. The summed E-state index contributed by atoms with van der Waals surface area (Å²) in [6.07, 6.45) is 1.65. The van der Waals surface area contributed by atoms with Gasteiger partial charge in [0.05, 0.1) is 32.5 Å². The first-order valence-corrected chi connectivity index (χ1v) is 8.22. The largest absolute Gasteiger partial charge is 0.493 e. The van der Waals surface area contributed by atoms with Gasteiger partial charge >= 0.3 is 0 Å². The van der Waals surface area contributed by atoms with Crippen molar-refractivity contribution in [3.05, 3.63) is 58.4 Å². The van der Waals surface area contributed by atoms with E-state index in [9.17, 15) is 4.79 Å². The molecule has 0 atom stereocenters. The van der Waals surface area contributed by atoms with Gasteiger partial charge in [0.2, 0.25) is 0 Å². The maximum absolute atomic E-state index is 12.2. The lowest BCUT2D eigenvalue weighted by atomic mass is 10.2. The lowest BCUT2D eigenvalue weighted by Crippen LogP contribution is -2.15. The van der Waals surface area contributed by atoms with E-state index in [1.807, 2.05) is 23.6 Å². The van der Waals surface area contributed by atoms with Gasteiger partial charge in [0.15, 0.2) is 11.5 Å². The Bertz CT molecular complexity index is 827. The van der Waals surface area contributed by atoms with Gasteiger partial charge in [-0.25, -0.2) is 4.68 Å². The number of thiophene rings is 1. The SMILES string of the molecule is COc1cccc(Cn2nccc2NC(=O)c2ccsc2)c1OC. The van der Waals surface area contributed by atoms with E-state index in [1.54, 1.807) is 42.6 Å². The Morgan fingerprint density at radius 3 is 2.83 bits per heavy atom. The standard InChI is InChI=1S/C17H17N3O3S/c1-22-14-5-3-4-12(16(14)23-2)10-20-15(6-8-18-20)19-17(21)13-7-9-24-11-13/h3-9,11H,10H2,1-2H3,(H,19,21). The van der Waals surface area contributed by atoms with Crippen LogP contribution in [-0.2, 0) is 6.54 Å². The van der Waals surface area contributed by atoms with Crippen molar-refractivity contribution in [3.8, 4) is 11.5 Å². The summed E-state index contributed by atoms with van der Waals surface area (Å²) in [4.78, 5) is 12.2. The molecule has 2 aromatic heterocycles. The first kappa shape index (κ1) is 16.1. The molecule has 3 aromatic rings. The summed E-state index contributed by atoms with van der Waals surface area (Å²) in [7, 11) is 3.20. The molecule has 0 aliphatic heterocycles. The quantitative estimate of drug-likeness (QED) is 0.746. The molecule has 24 heavy (non-hydrogen) atoms. The summed E-state index contributed by atoms with van der Waals surface area (Å²) >= 11 is 1.48.